The number of hydrogen-bond donors (Lipinski definition) is 1. The first-order chi connectivity index (χ1) is 15.0. The molecule has 1 amide bonds. The highest BCUT2D eigenvalue weighted by Gasteiger charge is 2.25. The molecule has 1 aliphatic heterocycles. The highest BCUT2D eigenvalue weighted by Crippen LogP contribution is 2.41. The number of furan rings is 1. The third kappa shape index (κ3) is 4.16. The molecule has 0 unspecified atom stereocenters. The van der Waals surface area contributed by atoms with Crippen molar-refractivity contribution in [2.75, 3.05) is 13.1 Å². The van der Waals surface area contributed by atoms with E-state index in [4.69, 9.17) is 4.42 Å². The van der Waals surface area contributed by atoms with Crippen LogP contribution in [0.25, 0.3) is 17.4 Å². The van der Waals surface area contributed by atoms with Gasteiger partial charge in [-0.15, -0.1) is 0 Å². The Morgan fingerprint density at radius 2 is 1.94 bits per heavy atom. The first-order valence-electron chi connectivity index (χ1n) is 10.3. The lowest BCUT2D eigenvalue weighted by Gasteiger charge is -2.20. The average molecular weight is 434 g/mol. The van der Waals surface area contributed by atoms with Crippen molar-refractivity contribution in [1.29, 1.82) is 0 Å². The molecule has 1 aliphatic rings. The van der Waals surface area contributed by atoms with Gasteiger partial charge in [-0.2, -0.15) is 0 Å². The Labute approximate surface area is 185 Å². The Kier molecular flexibility index (Phi) is 6.00. The number of allylic oxidation sites excluding steroid dienone is 1. The summed E-state index contributed by atoms with van der Waals surface area (Å²) in [5.74, 6) is 0.853. The molecule has 0 spiro atoms. The van der Waals surface area contributed by atoms with E-state index in [0.29, 0.717) is 40.6 Å². The van der Waals surface area contributed by atoms with Crippen LogP contribution in [0.3, 0.4) is 0 Å². The molecule has 5 nitrogen and oxygen atoms in total. The molecule has 1 N–H and O–H groups in total. The second kappa shape index (κ2) is 8.86. The van der Waals surface area contributed by atoms with E-state index in [9.17, 15) is 14.7 Å². The number of carbonyl (C=O) groups is 2. The molecule has 0 saturated carbocycles. The minimum Gasteiger partial charge on any atom is -0.507 e. The van der Waals surface area contributed by atoms with Crippen molar-refractivity contribution in [1.82, 2.24) is 4.90 Å². The first-order valence-corrected chi connectivity index (χ1v) is 11.1. The fourth-order valence-electron chi connectivity index (χ4n) is 3.55. The van der Waals surface area contributed by atoms with Crippen molar-refractivity contribution in [3.05, 3.63) is 76.4 Å². The summed E-state index contributed by atoms with van der Waals surface area (Å²) in [5, 5.41) is 10.2. The van der Waals surface area contributed by atoms with Crippen molar-refractivity contribution in [2.45, 2.75) is 25.2 Å². The third-order valence-electron chi connectivity index (χ3n) is 5.15. The number of Topliss-reactive ketones (excluding diaryl/α,β-unsaturated/α-hetero) is 1. The molecule has 0 radical (unpaired) electrons. The Bertz CT molecular complexity index is 1180. The van der Waals surface area contributed by atoms with Crippen LogP contribution in [-0.2, 0) is 0 Å². The van der Waals surface area contributed by atoms with Gasteiger partial charge in [0, 0.05) is 29.1 Å². The van der Waals surface area contributed by atoms with Crippen molar-refractivity contribution in [3.63, 3.8) is 0 Å². The van der Waals surface area contributed by atoms with E-state index in [0.717, 1.165) is 11.3 Å². The molecule has 2 aromatic carbocycles. The van der Waals surface area contributed by atoms with Crippen LogP contribution in [0, 0.1) is 0 Å². The second-order valence-corrected chi connectivity index (χ2v) is 8.34. The van der Waals surface area contributed by atoms with Gasteiger partial charge in [-0.05, 0) is 61.9 Å². The summed E-state index contributed by atoms with van der Waals surface area (Å²) in [5.41, 5.74) is 1.65. The Morgan fingerprint density at radius 1 is 1.13 bits per heavy atom. The van der Waals surface area contributed by atoms with E-state index in [1.54, 1.807) is 35.2 Å². The average Bonchev–Trinajstić information content (AvgIpc) is 3.37. The van der Waals surface area contributed by atoms with Gasteiger partial charge in [-0.3, -0.25) is 9.59 Å². The van der Waals surface area contributed by atoms with Crippen LogP contribution in [0.2, 0.25) is 0 Å². The molecule has 0 aliphatic carbocycles. The number of ketones is 1. The molecule has 158 valence electrons. The largest absolute Gasteiger partial charge is 0.507 e. The van der Waals surface area contributed by atoms with Gasteiger partial charge in [0.1, 0.15) is 17.3 Å². The number of hydrogen-bond acceptors (Lipinski definition) is 5. The predicted octanol–water partition coefficient (Wildman–Crippen LogP) is 5.85. The molecular weight excluding hydrogens is 410 g/mol. The van der Waals surface area contributed by atoms with Crippen LogP contribution in [0.15, 0.2) is 68.8 Å². The topological polar surface area (TPSA) is 70.8 Å². The van der Waals surface area contributed by atoms with Crippen LogP contribution in [-0.4, -0.2) is 34.8 Å². The van der Waals surface area contributed by atoms with Crippen LogP contribution in [0.5, 0.6) is 5.75 Å². The maximum absolute atomic E-state index is 12.8. The number of benzene rings is 2. The van der Waals surface area contributed by atoms with E-state index < -0.39 is 0 Å². The summed E-state index contributed by atoms with van der Waals surface area (Å²) in [6.07, 6.45) is 2.58. The molecule has 0 atom stereocenters. The molecule has 1 aromatic heterocycles. The number of amides is 1. The standard InChI is InChI=1S/C25H23NO4S/c1-3-13-26(4-2)25(29)19-14-16(9-11-20(19)27)21-12-10-17(30-21)15-23-24(28)18-7-5-6-8-22(18)31-23/h5-12,14-15,27H,3-4,13H2,1-2H3/b23-15-. The van der Waals surface area contributed by atoms with E-state index in [1.807, 2.05) is 38.1 Å². The molecule has 4 rings (SSSR count). The molecule has 0 saturated heterocycles. The zero-order chi connectivity index (χ0) is 22.0. The van der Waals surface area contributed by atoms with Crippen molar-refractivity contribution >= 4 is 29.5 Å². The number of carbonyl (C=O) groups excluding carboxylic acids is 2. The van der Waals surface area contributed by atoms with Crippen molar-refractivity contribution in [2.24, 2.45) is 0 Å². The molecule has 31 heavy (non-hydrogen) atoms. The van der Waals surface area contributed by atoms with Crippen molar-refractivity contribution in [3.8, 4) is 17.1 Å². The lowest BCUT2D eigenvalue weighted by Crippen LogP contribution is -2.31. The van der Waals surface area contributed by atoms with Crippen LogP contribution >= 0.6 is 11.8 Å². The number of aromatic hydroxyl groups is 1. The third-order valence-corrected chi connectivity index (χ3v) is 6.25. The lowest BCUT2D eigenvalue weighted by molar-refractivity contribution is 0.0761. The molecule has 6 heteroatoms. The minimum atomic E-state index is -0.205. The number of nitrogens with zero attached hydrogens (tertiary/aromatic N) is 1. The molecule has 0 bridgehead atoms. The summed E-state index contributed by atoms with van der Waals surface area (Å²) in [6.45, 7) is 5.13. The zero-order valence-electron chi connectivity index (χ0n) is 17.4. The van der Waals surface area contributed by atoms with E-state index in [-0.39, 0.29) is 23.0 Å². The van der Waals surface area contributed by atoms with Gasteiger partial charge in [0.05, 0.1) is 10.5 Å². The van der Waals surface area contributed by atoms with Gasteiger partial charge >= 0.3 is 0 Å². The maximum atomic E-state index is 12.8. The smallest absolute Gasteiger partial charge is 0.257 e. The highest BCUT2D eigenvalue weighted by molar-refractivity contribution is 8.04. The van der Waals surface area contributed by atoms with Gasteiger partial charge in [-0.25, -0.2) is 0 Å². The Morgan fingerprint density at radius 3 is 2.68 bits per heavy atom. The monoisotopic (exact) mass is 433 g/mol. The van der Waals surface area contributed by atoms with Gasteiger partial charge in [-0.1, -0.05) is 30.8 Å². The Hall–Kier alpha value is -3.25. The number of thioether (sulfide) groups is 1. The van der Waals surface area contributed by atoms with Gasteiger partial charge in [0.15, 0.2) is 0 Å². The number of phenolic OH excluding ortho intramolecular Hbond substituents is 1. The van der Waals surface area contributed by atoms with Crippen LogP contribution in [0.4, 0.5) is 0 Å². The second-order valence-electron chi connectivity index (χ2n) is 7.25. The first kappa shape index (κ1) is 21.0. The normalized spacial score (nSPS) is 14.1. The molecule has 3 aromatic rings. The van der Waals surface area contributed by atoms with Crippen LogP contribution in [0.1, 0.15) is 46.7 Å². The summed E-state index contributed by atoms with van der Waals surface area (Å²) < 4.78 is 5.94. The summed E-state index contributed by atoms with van der Waals surface area (Å²) in [4.78, 5) is 28.7. The van der Waals surface area contributed by atoms with Gasteiger partial charge in [0.25, 0.3) is 5.91 Å². The SMILES string of the molecule is CCCN(CC)C(=O)c1cc(-c2ccc(/C=C3\Sc4ccccc4C3=O)o2)ccc1O. The van der Waals surface area contributed by atoms with Crippen molar-refractivity contribution < 1.29 is 19.1 Å². The minimum absolute atomic E-state index is 0.00773. The van der Waals surface area contributed by atoms with E-state index >= 15 is 0 Å². The van der Waals surface area contributed by atoms with Crippen LogP contribution < -0.4 is 0 Å². The van der Waals surface area contributed by atoms with E-state index in [1.165, 1.54) is 17.8 Å². The number of rotatable bonds is 6. The highest BCUT2D eigenvalue weighted by atomic mass is 32.2. The zero-order valence-corrected chi connectivity index (χ0v) is 18.2. The molecular formula is C25H23NO4S. The van der Waals surface area contributed by atoms with E-state index in [2.05, 4.69) is 0 Å². The summed E-state index contributed by atoms with van der Waals surface area (Å²) in [7, 11) is 0. The maximum Gasteiger partial charge on any atom is 0.257 e. The lowest BCUT2D eigenvalue weighted by atomic mass is 10.1. The quantitative estimate of drug-likeness (QED) is 0.494. The molecule has 2 heterocycles. The van der Waals surface area contributed by atoms with Gasteiger partial charge in [0.2, 0.25) is 5.78 Å². The van der Waals surface area contributed by atoms with Gasteiger partial charge < -0.3 is 14.4 Å². The summed E-state index contributed by atoms with van der Waals surface area (Å²) in [6, 6.07) is 16.0. The summed E-state index contributed by atoms with van der Waals surface area (Å²) >= 11 is 1.43. The fourth-order valence-corrected chi connectivity index (χ4v) is 4.59. The predicted molar refractivity (Wildman–Crippen MR) is 122 cm³/mol. The molecule has 0 fully saturated rings. The fraction of sp³-hybridized carbons (Fsp3) is 0.200. The number of fused-ring (bicyclic) bond motifs is 1. The Balaban J connectivity index is 1.60. The number of phenols is 1.